The fourth-order valence-corrected chi connectivity index (χ4v) is 1.82. The number of aliphatic hydroxyl groups is 1. The van der Waals surface area contributed by atoms with Gasteiger partial charge in [0.25, 0.3) is 0 Å². The monoisotopic (exact) mass is 237 g/mol. The van der Waals surface area contributed by atoms with E-state index in [2.05, 4.69) is 22.1 Å². The molecule has 0 radical (unpaired) electrons. The molecule has 1 aromatic heterocycles. The lowest BCUT2D eigenvalue weighted by Gasteiger charge is -2.25. The highest BCUT2D eigenvalue weighted by molar-refractivity contribution is 5.03. The highest BCUT2D eigenvalue weighted by atomic mass is 16.3. The quantitative estimate of drug-likeness (QED) is 0.704. The van der Waals surface area contributed by atoms with Crippen molar-refractivity contribution >= 4 is 0 Å². The van der Waals surface area contributed by atoms with Crippen molar-refractivity contribution in [3.05, 3.63) is 30.1 Å². The molecule has 1 atom stereocenters. The van der Waals surface area contributed by atoms with Crippen LogP contribution in [-0.2, 0) is 6.54 Å². The van der Waals surface area contributed by atoms with Crippen molar-refractivity contribution in [2.24, 2.45) is 0 Å². The SMILES string of the molecule is CCN(Cc1ccccn1)CC(CCO)NC. The fraction of sp³-hybridized carbons (Fsp3) is 0.615. The Kier molecular flexibility index (Phi) is 6.77. The number of nitrogens with zero attached hydrogens (tertiary/aromatic N) is 2. The second-order valence-electron chi connectivity index (χ2n) is 4.15. The van der Waals surface area contributed by atoms with Gasteiger partial charge >= 0.3 is 0 Å². The fourth-order valence-electron chi connectivity index (χ4n) is 1.82. The van der Waals surface area contributed by atoms with Gasteiger partial charge in [-0.2, -0.15) is 0 Å². The first-order valence-corrected chi connectivity index (χ1v) is 6.20. The van der Waals surface area contributed by atoms with Crippen LogP contribution >= 0.6 is 0 Å². The highest BCUT2D eigenvalue weighted by Crippen LogP contribution is 2.03. The van der Waals surface area contributed by atoms with E-state index in [0.717, 1.165) is 31.7 Å². The largest absolute Gasteiger partial charge is 0.396 e. The first-order chi connectivity index (χ1) is 8.30. The molecule has 0 spiro atoms. The number of nitrogens with one attached hydrogen (secondary N) is 1. The zero-order valence-corrected chi connectivity index (χ0v) is 10.8. The van der Waals surface area contributed by atoms with Crippen LogP contribution in [0.2, 0.25) is 0 Å². The first-order valence-electron chi connectivity index (χ1n) is 6.20. The Hall–Kier alpha value is -0.970. The Labute approximate surface area is 104 Å². The third-order valence-electron chi connectivity index (χ3n) is 2.92. The Morgan fingerprint density at radius 3 is 2.82 bits per heavy atom. The summed E-state index contributed by atoms with van der Waals surface area (Å²) >= 11 is 0. The van der Waals surface area contributed by atoms with Crippen LogP contribution in [0.4, 0.5) is 0 Å². The third-order valence-corrected chi connectivity index (χ3v) is 2.92. The summed E-state index contributed by atoms with van der Waals surface area (Å²) in [7, 11) is 1.94. The molecule has 0 aliphatic rings. The van der Waals surface area contributed by atoms with Gasteiger partial charge in [0.15, 0.2) is 0 Å². The van der Waals surface area contributed by atoms with Gasteiger partial charge in [-0.3, -0.25) is 9.88 Å². The maximum absolute atomic E-state index is 8.97. The first kappa shape index (κ1) is 14.1. The van der Waals surface area contributed by atoms with Crippen LogP contribution in [-0.4, -0.2) is 47.8 Å². The number of hydrogen-bond donors (Lipinski definition) is 2. The van der Waals surface area contributed by atoms with E-state index in [9.17, 15) is 0 Å². The van der Waals surface area contributed by atoms with Gasteiger partial charge < -0.3 is 10.4 Å². The standard InChI is InChI=1S/C13H23N3O/c1-3-16(10-12(14-2)7-9-17)11-13-6-4-5-8-15-13/h4-6,8,12,14,17H,3,7,9-11H2,1-2H3. The Bertz CT molecular complexity index is 292. The molecule has 4 nitrogen and oxygen atoms in total. The minimum absolute atomic E-state index is 0.229. The summed E-state index contributed by atoms with van der Waals surface area (Å²) in [5.74, 6) is 0. The molecule has 0 saturated heterocycles. The predicted molar refractivity (Wildman–Crippen MR) is 69.7 cm³/mol. The maximum atomic E-state index is 8.97. The summed E-state index contributed by atoms with van der Waals surface area (Å²) < 4.78 is 0. The topological polar surface area (TPSA) is 48.4 Å². The lowest BCUT2D eigenvalue weighted by molar-refractivity contribution is 0.211. The van der Waals surface area contributed by atoms with Gasteiger partial charge in [-0.25, -0.2) is 0 Å². The summed E-state index contributed by atoms with van der Waals surface area (Å²) in [4.78, 5) is 6.67. The molecule has 17 heavy (non-hydrogen) atoms. The Balaban J connectivity index is 2.48. The van der Waals surface area contributed by atoms with Crippen molar-refractivity contribution in [1.29, 1.82) is 0 Å². The molecule has 1 aromatic rings. The van der Waals surface area contributed by atoms with Crippen molar-refractivity contribution in [1.82, 2.24) is 15.2 Å². The van der Waals surface area contributed by atoms with E-state index in [1.54, 1.807) is 0 Å². The molecule has 1 heterocycles. The second kappa shape index (κ2) is 8.17. The van der Waals surface area contributed by atoms with E-state index in [1.807, 2.05) is 31.4 Å². The molecule has 4 heteroatoms. The molecular weight excluding hydrogens is 214 g/mol. The lowest BCUT2D eigenvalue weighted by Crippen LogP contribution is -2.39. The van der Waals surface area contributed by atoms with Gasteiger partial charge in [-0.15, -0.1) is 0 Å². The summed E-state index contributed by atoms with van der Waals surface area (Å²) in [5.41, 5.74) is 1.09. The van der Waals surface area contributed by atoms with Crippen LogP contribution in [0.5, 0.6) is 0 Å². The van der Waals surface area contributed by atoms with Crippen LogP contribution < -0.4 is 5.32 Å². The summed E-state index contributed by atoms with van der Waals surface area (Å²) in [5, 5.41) is 12.2. The Morgan fingerprint density at radius 2 is 2.29 bits per heavy atom. The van der Waals surface area contributed by atoms with Gasteiger partial charge in [0.1, 0.15) is 0 Å². The average molecular weight is 237 g/mol. The molecule has 1 rings (SSSR count). The van der Waals surface area contributed by atoms with Crippen LogP contribution in [0.25, 0.3) is 0 Å². The number of pyridine rings is 1. The lowest BCUT2D eigenvalue weighted by atomic mass is 10.2. The van der Waals surface area contributed by atoms with Gasteiger partial charge in [-0.05, 0) is 32.1 Å². The number of rotatable bonds is 8. The van der Waals surface area contributed by atoms with Crippen molar-refractivity contribution in [3.8, 4) is 0 Å². The molecule has 0 aliphatic carbocycles. The number of aliphatic hydroxyl groups excluding tert-OH is 1. The zero-order valence-electron chi connectivity index (χ0n) is 10.8. The normalized spacial score (nSPS) is 12.9. The van der Waals surface area contributed by atoms with E-state index < -0.39 is 0 Å². The minimum atomic E-state index is 0.229. The van der Waals surface area contributed by atoms with Crippen molar-refractivity contribution in [2.45, 2.75) is 25.9 Å². The van der Waals surface area contributed by atoms with E-state index in [0.29, 0.717) is 6.04 Å². The smallest absolute Gasteiger partial charge is 0.0543 e. The van der Waals surface area contributed by atoms with E-state index in [-0.39, 0.29) is 6.61 Å². The summed E-state index contributed by atoms with van der Waals surface area (Å²) in [6, 6.07) is 6.33. The minimum Gasteiger partial charge on any atom is -0.396 e. The van der Waals surface area contributed by atoms with Gasteiger partial charge in [0, 0.05) is 31.9 Å². The van der Waals surface area contributed by atoms with Crippen LogP contribution in [0.1, 0.15) is 19.0 Å². The van der Waals surface area contributed by atoms with Crippen LogP contribution in [0, 0.1) is 0 Å². The molecule has 1 unspecified atom stereocenters. The average Bonchev–Trinajstić information content (AvgIpc) is 2.38. The molecule has 0 aromatic carbocycles. The number of likely N-dealkylation sites (N-methyl/N-ethyl adjacent to an activating group) is 2. The molecule has 0 fully saturated rings. The van der Waals surface area contributed by atoms with Gasteiger partial charge in [-0.1, -0.05) is 13.0 Å². The second-order valence-corrected chi connectivity index (χ2v) is 4.15. The maximum Gasteiger partial charge on any atom is 0.0543 e. The molecular formula is C13H23N3O. The predicted octanol–water partition coefficient (Wildman–Crippen LogP) is 0.874. The van der Waals surface area contributed by atoms with Crippen molar-refractivity contribution < 1.29 is 5.11 Å². The number of aromatic nitrogens is 1. The zero-order chi connectivity index (χ0) is 12.5. The molecule has 96 valence electrons. The van der Waals surface area contributed by atoms with Crippen LogP contribution in [0.15, 0.2) is 24.4 Å². The van der Waals surface area contributed by atoms with Crippen LogP contribution in [0.3, 0.4) is 0 Å². The third kappa shape index (κ3) is 5.26. The van der Waals surface area contributed by atoms with Gasteiger partial charge in [0.05, 0.1) is 5.69 Å². The molecule has 0 amide bonds. The number of hydrogen-bond acceptors (Lipinski definition) is 4. The molecule has 0 aliphatic heterocycles. The van der Waals surface area contributed by atoms with E-state index in [4.69, 9.17) is 5.11 Å². The van der Waals surface area contributed by atoms with E-state index in [1.165, 1.54) is 0 Å². The van der Waals surface area contributed by atoms with Gasteiger partial charge in [0.2, 0.25) is 0 Å². The van der Waals surface area contributed by atoms with E-state index >= 15 is 0 Å². The van der Waals surface area contributed by atoms with Crippen molar-refractivity contribution in [3.63, 3.8) is 0 Å². The molecule has 0 saturated carbocycles. The molecule has 2 N–H and O–H groups in total. The molecule has 0 bridgehead atoms. The Morgan fingerprint density at radius 1 is 1.47 bits per heavy atom. The summed E-state index contributed by atoms with van der Waals surface area (Å²) in [6.07, 6.45) is 2.61. The van der Waals surface area contributed by atoms with Crippen molar-refractivity contribution in [2.75, 3.05) is 26.7 Å². The highest BCUT2D eigenvalue weighted by Gasteiger charge is 2.11. The summed E-state index contributed by atoms with van der Waals surface area (Å²) in [6.45, 7) is 5.16.